The molecule has 2 atom stereocenters. The summed E-state index contributed by atoms with van der Waals surface area (Å²) < 4.78 is 4.78. The lowest BCUT2D eigenvalue weighted by molar-refractivity contribution is -0.148. The summed E-state index contributed by atoms with van der Waals surface area (Å²) >= 11 is 0. The number of methoxy groups -OCH3 is 1. The minimum Gasteiger partial charge on any atom is -0.451 e. The first-order valence-electron chi connectivity index (χ1n) is 7.40. The van der Waals surface area contributed by atoms with Crippen LogP contribution in [-0.4, -0.2) is 51.7 Å². The Hall–Kier alpha value is -1.93. The molecular weight excluding hydrogens is 286 g/mol. The molecule has 1 unspecified atom stereocenters. The number of imide groups is 1. The Morgan fingerprint density at radius 1 is 1.55 bits per heavy atom. The van der Waals surface area contributed by atoms with Crippen LogP contribution in [0.5, 0.6) is 0 Å². The average molecular weight is 309 g/mol. The number of nitrogens with zero attached hydrogens (tertiary/aromatic N) is 3. The molecule has 0 spiro atoms. The molecule has 2 rings (SSSR count). The summed E-state index contributed by atoms with van der Waals surface area (Å²) in [6, 6.07) is -0.936. The molecule has 1 saturated heterocycles. The lowest BCUT2D eigenvalue weighted by Gasteiger charge is -2.34. The summed E-state index contributed by atoms with van der Waals surface area (Å²) in [4.78, 5) is 32.0. The van der Waals surface area contributed by atoms with Gasteiger partial charge in [0.15, 0.2) is 0 Å². The molecule has 1 aromatic heterocycles. The highest BCUT2D eigenvalue weighted by molar-refractivity contribution is 5.94. The van der Waals surface area contributed by atoms with Gasteiger partial charge in [-0.25, -0.2) is 9.78 Å². The van der Waals surface area contributed by atoms with E-state index in [2.05, 4.69) is 9.97 Å². The van der Waals surface area contributed by atoms with Crippen molar-refractivity contribution in [3.63, 3.8) is 0 Å². The lowest BCUT2D eigenvalue weighted by Crippen LogP contribution is -2.56. The van der Waals surface area contributed by atoms with Crippen molar-refractivity contribution >= 4 is 12.0 Å². The van der Waals surface area contributed by atoms with Crippen molar-refractivity contribution in [1.82, 2.24) is 20.0 Å². The topological polar surface area (TPSA) is 105 Å². The maximum Gasteiger partial charge on any atom is 0.431 e. The molecule has 0 radical (unpaired) electrons. The van der Waals surface area contributed by atoms with Gasteiger partial charge in [0.25, 0.3) is 5.91 Å². The summed E-state index contributed by atoms with van der Waals surface area (Å²) in [5, 5.41) is 2.72. The third-order valence-corrected chi connectivity index (χ3v) is 3.88. The van der Waals surface area contributed by atoms with Gasteiger partial charge in [0.05, 0.1) is 19.2 Å². The van der Waals surface area contributed by atoms with E-state index >= 15 is 0 Å². The Balaban J connectivity index is 2.28. The lowest BCUT2D eigenvalue weighted by atomic mass is 10.0. The van der Waals surface area contributed by atoms with Crippen LogP contribution in [0.2, 0.25) is 0 Å². The second kappa shape index (κ2) is 6.89. The number of carbonyl (C=O) groups excluding carboxylic acids is 2. The molecular formula is C14H23N5O3. The zero-order chi connectivity index (χ0) is 16.3. The number of H-pyrrole nitrogens is 1. The Labute approximate surface area is 129 Å². The minimum atomic E-state index is -0.767. The summed E-state index contributed by atoms with van der Waals surface area (Å²) in [6.45, 7) is 4.25. The van der Waals surface area contributed by atoms with Gasteiger partial charge in [0, 0.05) is 18.9 Å². The quantitative estimate of drug-likeness (QED) is 0.861. The van der Waals surface area contributed by atoms with Gasteiger partial charge >= 0.3 is 6.09 Å². The number of rotatable bonds is 4. The smallest absolute Gasteiger partial charge is 0.431 e. The fourth-order valence-corrected chi connectivity index (χ4v) is 2.56. The Morgan fingerprint density at radius 3 is 2.82 bits per heavy atom. The predicted octanol–water partition coefficient (Wildman–Crippen LogP) is 1.04. The molecule has 2 amide bonds. The summed E-state index contributed by atoms with van der Waals surface area (Å²) in [7, 11) is 1.25. The van der Waals surface area contributed by atoms with Gasteiger partial charge in [-0.3, -0.25) is 4.79 Å². The van der Waals surface area contributed by atoms with Gasteiger partial charge in [-0.15, -0.1) is 0 Å². The van der Waals surface area contributed by atoms with Crippen LogP contribution in [0.3, 0.4) is 0 Å². The van der Waals surface area contributed by atoms with E-state index in [1.807, 2.05) is 13.8 Å². The van der Waals surface area contributed by atoms with Crippen molar-refractivity contribution in [3.05, 3.63) is 18.2 Å². The minimum absolute atomic E-state index is 0.0793. The highest BCUT2D eigenvalue weighted by atomic mass is 16.5. The number of hydrazine groups is 1. The maximum atomic E-state index is 12.6. The second-order valence-electron chi connectivity index (χ2n) is 5.69. The number of hydrogen-bond donors (Lipinski definition) is 2. The number of aromatic nitrogens is 2. The van der Waals surface area contributed by atoms with Crippen LogP contribution in [0.1, 0.15) is 38.6 Å². The van der Waals surface area contributed by atoms with Crippen molar-refractivity contribution in [2.24, 2.45) is 11.7 Å². The molecule has 1 aliphatic heterocycles. The van der Waals surface area contributed by atoms with Gasteiger partial charge in [0.1, 0.15) is 5.82 Å². The van der Waals surface area contributed by atoms with Crippen molar-refractivity contribution in [3.8, 4) is 0 Å². The summed E-state index contributed by atoms with van der Waals surface area (Å²) in [6.07, 6.45) is 4.29. The third-order valence-electron chi connectivity index (χ3n) is 3.88. The van der Waals surface area contributed by atoms with Crippen LogP contribution in [0, 0.1) is 5.92 Å². The molecule has 0 saturated carbocycles. The van der Waals surface area contributed by atoms with Crippen LogP contribution in [-0.2, 0) is 9.53 Å². The molecule has 3 N–H and O–H groups in total. The first kappa shape index (κ1) is 16.4. The molecule has 1 aromatic rings. The number of nitrogens with two attached hydrogens (primary N) is 1. The number of ether oxygens (including phenoxy) is 1. The van der Waals surface area contributed by atoms with E-state index in [-0.39, 0.29) is 12.0 Å². The van der Waals surface area contributed by atoms with Gasteiger partial charge in [0.2, 0.25) is 0 Å². The highest BCUT2D eigenvalue weighted by Gasteiger charge is 2.40. The molecule has 22 heavy (non-hydrogen) atoms. The van der Waals surface area contributed by atoms with Crippen LogP contribution >= 0.6 is 0 Å². The molecule has 122 valence electrons. The molecule has 8 nitrogen and oxygen atoms in total. The van der Waals surface area contributed by atoms with Crippen molar-refractivity contribution < 1.29 is 14.3 Å². The number of hydrogen-bond acceptors (Lipinski definition) is 6. The molecule has 8 heteroatoms. The average Bonchev–Trinajstić information content (AvgIpc) is 3.16. The maximum absolute atomic E-state index is 12.6. The van der Waals surface area contributed by atoms with Gasteiger partial charge in [-0.05, 0) is 18.8 Å². The number of nitrogens with one attached hydrogen (secondary N) is 1. The second-order valence-corrected chi connectivity index (χ2v) is 5.69. The largest absolute Gasteiger partial charge is 0.451 e. The first-order chi connectivity index (χ1) is 10.5. The Bertz CT molecular complexity index is 517. The molecule has 0 aromatic carbocycles. The van der Waals surface area contributed by atoms with E-state index in [4.69, 9.17) is 10.5 Å². The monoisotopic (exact) mass is 309 g/mol. The van der Waals surface area contributed by atoms with Gasteiger partial charge in [-0.1, -0.05) is 13.8 Å². The van der Waals surface area contributed by atoms with E-state index in [1.54, 1.807) is 17.4 Å². The number of aromatic amines is 1. The van der Waals surface area contributed by atoms with E-state index < -0.39 is 18.0 Å². The van der Waals surface area contributed by atoms with Crippen molar-refractivity contribution in [2.75, 3.05) is 13.7 Å². The zero-order valence-corrected chi connectivity index (χ0v) is 13.2. The van der Waals surface area contributed by atoms with E-state index in [9.17, 15) is 9.59 Å². The Morgan fingerprint density at radius 2 is 2.27 bits per heavy atom. The molecule has 1 fully saturated rings. The number of amides is 2. The normalized spacial score (nSPS) is 20.1. The van der Waals surface area contributed by atoms with Crippen LogP contribution in [0.25, 0.3) is 0 Å². The van der Waals surface area contributed by atoms with Crippen molar-refractivity contribution in [2.45, 2.75) is 38.8 Å². The predicted molar refractivity (Wildman–Crippen MR) is 79.3 cm³/mol. The Kier molecular flexibility index (Phi) is 5.15. The van der Waals surface area contributed by atoms with E-state index in [0.717, 1.165) is 23.7 Å². The fourth-order valence-electron chi connectivity index (χ4n) is 2.56. The third kappa shape index (κ3) is 3.12. The molecule has 1 aliphatic rings. The SMILES string of the molecule is COC(=O)N(C(=O)[C@@H](N)C(C)C)N1CCCC1c1ncc[nH]1. The highest BCUT2D eigenvalue weighted by Crippen LogP contribution is 2.32. The molecule has 0 aliphatic carbocycles. The van der Waals surface area contributed by atoms with E-state index in [1.165, 1.54) is 7.11 Å². The standard InChI is InChI=1S/C14H23N5O3/c1-9(2)11(15)13(20)19(14(21)22-3)18-8-4-5-10(18)12-16-6-7-17-12/h6-7,9-11H,4-5,8,15H2,1-3H3,(H,16,17)/t10?,11-/m0/s1. The van der Waals surface area contributed by atoms with Crippen LogP contribution in [0.4, 0.5) is 4.79 Å². The van der Waals surface area contributed by atoms with Crippen LogP contribution < -0.4 is 5.73 Å². The zero-order valence-electron chi connectivity index (χ0n) is 13.2. The summed E-state index contributed by atoms with van der Waals surface area (Å²) in [5.74, 6) is 0.182. The summed E-state index contributed by atoms with van der Waals surface area (Å²) in [5.41, 5.74) is 5.94. The van der Waals surface area contributed by atoms with Gasteiger partial charge < -0.3 is 15.5 Å². The number of imidazole rings is 1. The van der Waals surface area contributed by atoms with Gasteiger partial charge in [-0.2, -0.15) is 10.0 Å². The first-order valence-corrected chi connectivity index (χ1v) is 7.40. The number of carbonyl (C=O) groups is 2. The van der Waals surface area contributed by atoms with Crippen LogP contribution in [0.15, 0.2) is 12.4 Å². The fraction of sp³-hybridized carbons (Fsp3) is 0.643. The van der Waals surface area contributed by atoms with E-state index in [0.29, 0.717) is 6.54 Å². The molecule has 2 heterocycles. The van der Waals surface area contributed by atoms with Crippen molar-refractivity contribution in [1.29, 1.82) is 0 Å². The molecule has 0 bridgehead atoms.